The van der Waals surface area contributed by atoms with Gasteiger partial charge in [0, 0.05) is 30.4 Å². The Bertz CT molecular complexity index is 4310. The number of carbonyl (C=O) groups is 5. The van der Waals surface area contributed by atoms with E-state index in [-0.39, 0.29) is 32.5 Å². The van der Waals surface area contributed by atoms with Gasteiger partial charge in [0.25, 0.3) is 0 Å². The Kier molecular flexibility index (Phi) is 47.9. The van der Waals surface area contributed by atoms with Crippen LogP contribution < -0.4 is 0 Å². The normalized spacial score (nSPS) is 19.9. The molecule has 119 heavy (non-hydrogen) atoms. The second kappa shape index (κ2) is 52.8. The van der Waals surface area contributed by atoms with E-state index < -0.39 is 29.8 Å². The number of rotatable bonds is 29. The summed E-state index contributed by atoms with van der Waals surface area (Å²) >= 11 is 0. The molecule has 0 saturated heterocycles. The first-order valence-corrected chi connectivity index (χ1v) is 43.6. The van der Waals surface area contributed by atoms with Crippen LogP contribution >= 0.6 is 0 Å². The van der Waals surface area contributed by atoms with Gasteiger partial charge in [-0.15, -0.1) is 0 Å². The van der Waals surface area contributed by atoms with Crippen LogP contribution in [0, 0.1) is 38.4 Å². The lowest BCUT2D eigenvalue weighted by molar-refractivity contribution is -0.132. The molecule has 5 N–H and O–H groups in total. The largest absolute Gasteiger partial charge is 0.478 e. The summed E-state index contributed by atoms with van der Waals surface area (Å²) in [7, 11) is 0. The lowest BCUT2D eigenvalue weighted by Crippen LogP contribution is -2.19. The van der Waals surface area contributed by atoms with E-state index in [4.69, 9.17) is 25.5 Å². The van der Waals surface area contributed by atoms with Crippen LogP contribution in [-0.4, -0.2) is 55.4 Å². The van der Waals surface area contributed by atoms with Crippen LogP contribution in [0.25, 0.3) is 0 Å². The van der Waals surface area contributed by atoms with Gasteiger partial charge in [-0.25, -0.2) is 24.0 Å². The molecular weight excluding hydrogens is 1470 g/mol. The first-order chi connectivity index (χ1) is 55.2. The minimum absolute atomic E-state index is 0.0263. The molecule has 0 fully saturated rings. The maximum absolute atomic E-state index is 10.7. The molecule has 0 amide bonds. The van der Waals surface area contributed by atoms with E-state index in [1.54, 1.807) is 34.6 Å². The van der Waals surface area contributed by atoms with Crippen molar-refractivity contribution in [1.82, 2.24) is 0 Å². The maximum atomic E-state index is 10.7. The Morgan fingerprint density at radius 1 is 0.345 bits per heavy atom. The molecule has 0 bridgehead atoms. The summed E-state index contributed by atoms with van der Waals surface area (Å²) in [4.78, 5) is 53.2. The van der Waals surface area contributed by atoms with Crippen LogP contribution in [0.5, 0.6) is 0 Å². The highest BCUT2D eigenvalue weighted by atomic mass is 16.4. The number of allylic oxidation sites excluding steroid dienone is 45. The van der Waals surface area contributed by atoms with Crippen LogP contribution in [-0.2, 0) is 24.0 Å². The molecule has 0 aliphatic heterocycles. The molecule has 0 atom stereocenters. The predicted molar refractivity (Wildman–Crippen MR) is 510 cm³/mol. The predicted octanol–water partition coefficient (Wildman–Crippen LogP) is 31.2. The molecule has 0 aromatic rings. The molecule has 0 saturated carbocycles. The van der Waals surface area contributed by atoms with E-state index in [0.29, 0.717) is 5.92 Å². The Hall–Kier alpha value is -9.15. The summed E-state index contributed by atoms with van der Waals surface area (Å²) < 4.78 is 0. The summed E-state index contributed by atoms with van der Waals surface area (Å²) in [6, 6.07) is 0. The van der Waals surface area contributed by atoms with Crippen molar-refractivity contribution in [3.8, 4) is 0 Å². The minimum atomic E-state index is -0.913. The fraction of sp³-hybridized carbons (Fsp3) is 0.495. The lowest BCUT2D eigenvalue weighted by Gasteiger charge is -2.33. The molecule has 5 aliphatic rings. The highest BCUT2D eigenvalue weighted by Gasteiger charge is 2.31. The van der Waals surface area contributed by atoms with Crippen molar-refractivity contribution in [3.05, 3.63) is 293 Å². The highest BCUT2D eigenvalue weighted by molar-refractivity contribution is 5.83. The van der Waals surface area contributed by atoms with E-state index in [9.17, 15) is 24.0 Å². The van der Waals surface area contributed by atoms with E-state index >= 15 is 0 Å². The summed E-state index contributed by atoms with van der Waals surface area (Å²) in [5.41, 5.74) is 27.1. The third-order valence-corrected chi connectivity index (χ3v) is 23.1. The van der Waals surface area contributed by atoms with Crippen LogP contribution in [0.4, 0.5) is 0 Å². The fourth-order valence-electron chi connectivity index (χ4n) is 15.8. The molecular formula is C109H158O10. The first-order valence-electron chi connectivity index (χ1n) is 43.6. The summed E-state index contributed by atoms with van der Waals surface area (Å²) in [6.45, 7) is 62.9. The molecule has 5 rings (SSSR count). The SMILES string of the molecule is CC1=C(/C=C/C(=C\C=C\C(C)=C\C(=O)O)C(C)(C)C)C(C)(C)CCC1.CC1=C(/C=C/C(=C\C=C\C(C)=C\C(=O)O)C(C)C)C(C)(C)CCC1.CC1=C(/C=C/C(C)=C(C)\C=C\C(C)=C\C(=O)O)C(C)(C)CCC1.CCC(=C/C=C/C(C)=C/C(=O)O)/C=C/C1=C(C)CCCC1(C)C.CCCC(=C/C=C/C(C)=C/C(=O)O)/C=C/C1=C(C)CCCC1(C)C. The van der Waals surface area contributed by atoms with Crippen LogP contribution in [0.2, 0.25) is 0 Å². The molecule has 0 unspecified atom stereocenters. The molecule has 10 nitrogen and oxygen atoms in total. The Balaban J connectivity index is 0.000000744. The van der Waals surface area contributed by atoms with Crippen LogP contribution in [0.1, 0.15) is 316 Å². The monoisotopic (exact) mass is 1630 g/mol. The summed E-state index contributed by atoms with van der Waals surface area (Å²) in [5, 5.41) is 43.7. The van der Waals surface area contributed by atoms with Crippen molar-refractivity contribution < 1.29 is 49.5 Å². The van der Waals surface area contributed by atoms with Crippen molar-refractivity contribution >= 4 is 29.8 Å². The molecule has 0 aromatic heterocycles. The maximum Gasteiger partial charge on any atom is 0.328 e. The molecule has 0 radical (unpaired) electrons. The Morgan fingerprint density at radius 3 is 0.891 bits per heavy atom. The van der Waals surface area contributed by atoms with E-state index in [1.807, 2.05) is 60.8 Å². The van der Waals surface area contributed by atoms with E-state index in [1.165, 1.54) is 210 Å². The zero-order chi connectivity index (χ0) is 90.8. The van der Waals surface area contributed by atoms with Crippen molar-refractivity contribution in [3.63, 3.8) is 0 Å². The lowest BCUT2D eigenvalue weighted by atomic mass is 9.72. The standard InChI is InChI=1S/C23H34O2.2C22H32O2.2C21H30O2/c1-17(16-21(24)25)10-8-12-19(22(3,4)5)13-14-20-18(2)11-9-15-23(20,6)7;1-16(2)19(11-7-9-17(3)15-21(23)24)12-13-20-18(4)10-8-14-22(20,5)6;1-6-9-19(12-7-10-17(2)16-21(23)24)13-14-20-18(3)11-8-15-22(20,4)5;1-15(14-20(22)23)9-10-16(2)17(3)11-12-19-18(4)8-7-13-21(19,5)6;1-6-18(11-7-9-16(2)15-20(22)23)12-13-19-17(3)10-8-14-21(19,4)5/h8,10,12-14,16H,9,11,15H2,1-7H3,(H,24,25);7,9,11-13,15-16H,8,10,14H2,1-6H3,(H,23,24);7,10,12-14,16H,6,8-9,11,15H2,1-5H3,(H,23,24);9-12,14H,7-8,13H2,1-6H3,(H,22,23);7,9,11-13,15H,6,8,10,14H2,1-5H3,(H,22,23)/b10-8+,14-13+,17-16+,19-12+;9-7+,13-12+,17-15+,19-11+;10-7+,14-13+,17-16+,19-12-;10-9+,12-11+,15-14+,17-16-;9-7+,13-12+,16-15+,18-11-. The smallest absolute Gasteiger partial charge is 0.328 e. The van der Waals surface area contributed by atoms with Gasteiger partial charge in [-0.05, 0) is 320 Å². The van der Waals surface area contributed by atoms with Gasteiger partial charge in [0.05, 0.1) is 0 Å². The van der Waals surface area contributed by atoms with Gasteiger partial charge in [0.1, 0.15) is 0 Å². The minimum Gasteiger partial charge on any atom is -0.478 e. The fourth-order valence-corrected chi connectivity index (χ4v) is 15.8. The zero-order valence-corrected chi connectivity index (χ0v) is 79.3. The number of hydrogen-bond acceptors (Lipinski definition) is 5. The molecule has 0 spiro atoms. The second-order valence-electron chi connectivity index (χ2n) is 37.9. The van der Waals surface area contributed by atoms with Crippen molar-refractivity contribution in [2.24, 2.45) is 38.4 Å². The molecule has 10 heteroatoms. The Labute approximate surface area is 723 Å². The van der Waals surface area contributed by atoms with Gasteiger partial charge in [0.15, 0.2) is 0 Å². The molecule has 5 aliphatic carbocycles. The first kappa shape index (κ1) is 108. The van der Waals surface area contributed by atoms with Crippen molar-refractivity contribution in [1.29, 1.82) is 0 Å². The molecule has 0 aromatic carbocycles. The quantitative estimate of drug-likeness (QED) is 0.0356. The topological polar surface area (TPSA) is 186 Å². The van der Waals surface area contributed by atoms with Crippen LogP contribution in [0.3, 0.4) is 0 Å². The highest BCUT2D eigenvalue weighted by Crippen LogP contribution is 2.46. The van der Waals surface area contributed by atoms with Crippen molar-refractivity contribution in [2.45, 2.75) is 316 Å². The second-order valence-corrected chi connectivity index (χ2v) is 37.9. The number of hydrogen-bond donors (Lipinski definition) is 5. The summed E-state index contributed by atoms with van der Waals surface area (Å²) in [5.74, 6) is -4.13. The summed E-state index contributed by atoms with van der Waals surface area (Å²) in [6.07, 6.45) is 77.4. The number of carboxylic acids is 5. The zero-order valence-electron chi connectivity index (χ0n) is 79.3. The van der Waals surface area contributed by atoms with Gasteiger partial charge in [-0.2, -0.15) is 0 Å². The number of carboxylic acid groups (broad SMARTS) is 5. The molecule has 654 valence electrons. The Morgan fingerprint density at radius 2 is 0.605 bits per heavy atom. The molecule has 0 heterocycles. The van der Waals surface area contributed by atoms with Crippen LogP contribution in [0.15, 0.2) is 293 Å². The average molecular weight is 1630 g/mol. The van der Waals surface area contributed by atoms with Gasteiger partial charge in [-0.3, -0.25) is 0 Å². The average Bonchev–Trinajstić information content (AvgIpc) is 0.844. The third-order valence-electron chi connectivity index (χ3n) is 23.1. The van der Waals surface area contributed by atoms with Gasteiger partial charge < -0.3 is 25.5 Å². The third kappa shape index (κ3) is 43.6. The van der Waals surface area contributed by atoms with Crippen molar-refractivity contribution in [2.75, 3.05) is 0 Å². The van der Waals surface area contributed by atoms with E-state index in [2.05, 4.69) is 251 Å². The van der Waals surface area contributed by atoms with Gasteiger partial charge in [-0.1, -0.05) is 298 Å². The van der Waals surface area contributed by atoms with Gasteiger partial charge in [0.2, 0.25) is 0 Å². The number of aliphatic carboxylic acids is 5. The van der Waals surface area contributed by atoms with Gasteiger partial charge >= 0.3 is 29.8 Å². The van der Waals surface area contributed by atoms with E-state index in [0.717, 1.165) is 52.7 Å².